The van der Waals surface area contributed by atoms with Gasteiger partial charge in [0.25, 0.3) is 0 Å². The molecular weight excluding hydrogens is 410 g/mol. The minimum Gasteiger partial charge on any atom is -0.467 e. The van der Waals surface area contributed by atoms with Crippen LogP contribution in [0.2, 0.25) is 0 Å². The maximum absolute atomic E-state index is 12.4. The highest BCUT2D eigenvalue weighted by atomic mass is 32.1. The lowest BCUT2D eigenvalue weighted by atomic mass is 10.2. The Hall–Kier alpha value is -3.91. The standard InChI is InChI=1S/C23H21N5O2S/c29-22(24-14-19-9-6-12-30-19)16-28-15-17(20-10-4-5-11-21(20)28)13-25-27-23(31)26-18-7-2-1-3-8-18/h1-13,15H,14,16H2,(H,24,29)(H2,26,27,31)/b25-13+. The van der Waals surface area contributed by atoms with E-state index in [0.29, 0.717) is 17.4 Å². The molecule has 1 amide bonds. The highest BCUT2D eigenvalue weighted by Gasteiger charge is 2.10. The summed E-state index contributed by atoms with van der Waals surface area (Å²) in [6.07, 6.45) is 5.18. The van der Waals surface area contributed by atoms with E-state index in [1.165, 1.54) is 0 Å². The van der Waals surface area contributed by atoms with Crippen LogP contribution in [0.15, 0.2) is 88.7 Å². The van der Waals surface area contributed by atoms with Crippen LogP contribution in [0.1, 0.15) is 11.3 Å². The number of nitrogens with zero attached hydrogens (tertiary/aromatic N) is 2. The molecule has 0 unspecified atom stereocenters. The summed E-state index contributed by atoms with van der Waals surface area (Å²) in [6, 6.07) is 21.1. The smallest absolute Gasteiger partial charge is 0.240 e. The Bertz CT molecular complexity index is 1200. The Morgan fingerprint density at radius 2 is 1.87 bits per heavy atom. The first-order valence-electron chi connectivity index (χ1n) is 9.71. The number of hydrogen-bond acceptors (Lipinski definition) is 4. The van der Waals surface area contributed by atoms with Crippen molar-refractivity contribution < 1.29 is 9.21 Å². The largest absolute Gasteiger partial charge is 0.467 e. The number of hydrazone groups is 1. The highest BCUT2D eigenvalue weighted by molar-refractivity contribution is 7.80. The van der Waals surface area contributed by atoms with Gasteiger partial charge in [-0.15, -0.1) is 0 Å². The molecule has 2 aromatic carbocycles. The second-order valence-electron chi connectivity index (χ2n) is 6.78. The molecule has 0 spiro atoms. The molecule has 4 rings (SSSR count). The van der Waals surface area contributed by atoms with Gasteiger partial charge in [-0.1, -0.05) is 36.4 Å². The van der Waals surface area contributed by atoms with Crippen molar-refractivity contribution >= 4 is 46.0 Å². The van der Waals surface area contributed by atoms with E-state index in [4.69, 9.17) is 16.6 Å². The first-order valence-corrected chi connectivity index (χ1v) is 10.1. The van der Waals surface area contributed by atoms with Gasteiger partial charge in [-0.2, -0.15) is 5.10 Å². The highest BCUT2D eigenvalue weighted by Crippen LogP contribution is 2.20. The molecule has 156 valence electrons. The van der Waals surface area contributed by atoms with Crippen molar-refractivity contribution in [3.05, 3.63) is 90.5 Å². The lowest BCUT2D eigenvalue weighted by Crippen LogP contribution is -2.26. The summed E-state index contributed by atoms with van der Waals surface area (Å²) in [5.74, 6) is 0.608. The number of benzene rings is 2. The molecule has 0 aliphatic rings. The molecule has 0 fully saturated rings. The third-order valence-electron chi connectivity index (χ3n) is 4.57. The minimum absolute atomic E-state index is 0.105. The van der Waals surface area contributed by atoms with E-state index in [1.807, 2.05) is 71.4 Å². The quantitative estimate of drug-likeness (QED) is 0.235. The molecule has 0 saturated carbocycles. The SMILES string of the molecule is O=C(Cn1cc(/C=N/NC(=S)Nc2ccccc2)c2ccccc21)NCc1ccco1. The van der Waals surface area contributed by atoms with Crippen LogP contribution in [-0.4, -0.2) is 21.8 Å². The van der Waals surface area contributed by atoms with Crippen LogP contribution in [0, 0.1) is 0 Å². The molecule has 4 aromatic rings. The number of hydrogen-bond donors (Lipinski definition) is 3. The van der Waals surface area contributed by atoms with Crippen LogP contribution in [0.5, 0.6) is 0 Å². The summed E-state index contributed by atoms with van der Waals surface area (Å²) < 4.78 is 7.15. The van der Waals surface area contributed by atoms with E-state index >= 15 is 0 Å². The minimum atomic E-state index is -0.105. The van der Waals surface area contributed by atoms with Gasteiger partial charge in [0.15, 0.2) is 5.11 Å². The summed E-state index contributed by atoms with van der Waals surface area (Å²) in [4.78, 5) is 12.4. The summed E-state index contributed by atoms with van der Waals surface area (Å²) in [6.45, 7) is 0.547. The molecule has 0 radical (unpaired) electrons. The summed E-state index contributed by atoms with van der Waals surface area (Å²) >= 11 is 5.27. The Kier molecular flexibility index (Phi) is 6.39. The normalized spacial score (nSPS) is 11.0. The van der Waals surface area contributed by atoms with E-state index in [9.17, 15) is 4.79 Å². The predicted molar refractivity (Wildman–Crippen MR) is 126 cm³/mol. The van der Waals surface area contributed by atoms with Crippen LogP contribution in [0.3, 0.4) is 0 Å². The van der Waals surface area contributed by atoms with Crippen molar-refractivity contribution in [2.24, 2.45) is 5.10 Å². The number of furan rings is 1. The maximum Gasteiger partial charge on any atom is 0.240 e. The van der Waals surface area contributed by atoms with Gasteiger partial charge in [-0.25, -0.2) is 0 Å². The zero-order valence-electron chi connectivity index (χ0n) is 16.6. The Morgan fingerprint density at radius 1 is 1.06 bits per heavy atom. The number of para-hydroxylation sites is 2. The molecule has 2 heterocycles. The van der Waals surface area contributed by atoms with Gasteiger partial charge in [0.1, 0.15) is 12.3 Å². The number of rotatable bonds is 7. The van der Waals surface area contributed by atoms with Crippen LogP contribution < -0.4 is 16.1 Å². The monoisotopic (exact) mass is 431 g/mol. The number of amides is 1. The Morgan fingerprint density at radius 3 is 2.68 bits per heavy atom. The fourth-order valence-electron chi connectivity index (χ4n) is 3.16. The Balaban J connectivity index is 1.41. The van der Waals surface area contributed by atoms with Gasteiger partial charge in [-0.3, -0.25) is 10.2 Å². The molecule has 0 saturated heterocycles. The number of carbonyl (C=O) groups is 1. The number of thiocarbonyl (C=S) groups is 1. The van der Waals surface area contributed by atoms with E-state index < -0.39 is 0 Å². The number of carbonyl (C=O) groups excluding carboxylic acids is 1. The summed E-state index contributed by atoms with van der Waals surface area (Å²) in [5, 5.41) is 11.6. The summed E-state index contributed by atoms with van der Waals surface area (Å²) in [7, 11) is 0. The number of aromatic nitrogens is 1. The zero-order chi connectivity index (χ0) is 21.5. The van der Waals surface area contributed by atoms with Crippen molar-refractivity contribution in [1.82, 2.24) is 15.3 Å². The average Bonchev–Trinajstić information content (AvgIpc) is 3.42. The molecule has 0 aliphatic carbocycles. The maximum atomic E-state index is 12.4. The molecule has 7 nitrogen and oxygen atoms in total. The van der Waals surface area contributed by atoms with Gasteiger partial charge < -0.3 is 19.6 Å². The van der Waals surface area contributed by atoms with Gasteiger partial charge >= 0.3 is 0 Å². The molecular formula is C23H21N5O2S. The van der Waals surface area contributed by atoms with Crippen molar-refractivity contribution in [1.29, 1.82) is 0 Å². The van der Waals surface area contributed by atoms with Crippen molar-refractivity contribution in [3.63, 3.8) is 0 Å². The lowest BCUT2D eigenvalue weighted by Gasteiger charge is -2.06. The fourth-order valence-corrected chi connectivity index (χ4v) is 3.33. The number of nitrogens with one attached hydrogen (secondary N) is 3. The van der Waals surface area contributed by atoms with Crippen LogP contribution in [0.25, 0.3) is 10.9 Å². The number of fused-ring (bicyclic) bond motifs is 1. The first-order chi connectivity index (χ1) is 15.2. The second kappa shape index (κ2) is 9.73. The summed E-state index contributed by atoms with van der Waals surface area (Å²) in [5.41, 5.74) is 5.53. The third kappa shape index (κ3) is 5.37. The van der Waals surface area contributed by atoms with Gasteiger partial charge in [-0.05, 0) is 42.5 Å². The lowest BCUT2D eigenvalue weighted by molar-refractivity contribution is -0.121. The molecule has 0 bridgehead atoms. The first kappa shape index (κ1) is 20.4. The van der Waals surface area contributed by atoms with Crippen molar-refractivity contribution in [3.8, 4) is 0 Å². The van der Waals surface area contributed by atoms with Gasteiger partial charge in [0.05, 0.1) is 19.0 Å². The van der Waals surface area contributed by atoms with Crippen molar-refractivity contribution in [2.45, 2.75) is 13.1 Å². The van der Waals surface area contributed by atoms with Crippen LogP contribution in [0.4, 0.5) is 5.69 Å². The molecule has 8 heteroatoms. The van der Waals surface area contributed by atoms with Gasteiger partial charge in [0, 0.05) is 28.4 Å². The second-order valence-corrected chi connectivity index (χ2v) is 7.18. The van der Waals surface area contributed by atoms with Crippen molar-refractivity contribution in [2.75, 3.05) is 5.32 Å². The third-order valence-corrected chi connectivity index (χ3v) is 4.77. The Labute approximate surface area is 184 Å². The van der Waals surface area contributed by atoms with E-state index in [1.54, 1.807) is 18.5 Å². The van der Waals surface area contributed by atoms with Gasteiger partial charge in [0.2, 0.25) is 5.91 Å². The molecule has 31 heavy (non-hydrogen) atoms. The van der Waals surface area contributed by atoms with Crippen LogP contribution in [-0.2, 0) is 17.9 Å². The fraction of sp³-hybridized carbons (Fsp3) is 0.0870. The average molecular weight is 432 g/mol. The zero-order valence-corrected chi connectivity index (χ0v) is 17.4. The molecule has 2 aromatic heterocycles. The topological polar surface area (TPSA) is 83.6 Å². The van der Waals surface area contributed by atoms with E-state index in [2.05, 4.69) is 21.2 Å². The molecule has 0 atom stereocenters. The predicted octanol–water partition coefficient (Wildman–Crippen LogP) is 3.87. The van der Waals surface area contributed by atoms with E-state index in [-0.39, 0.29) is 12.5 Å². The molecule has 3 N–H and O–H groups in total. The van der Waals surface area contributed by atoms with Crippen LogP contribution >= 0.6 is 12.2 Å². The van der Waals surface area contributed by atoms with E-state index in [0.717, 1.165) is 22.2 Å². The number of anilines is 1. The molecule has 0 aliphatic heterocycles.